The first-order valence-electron chi connectivity index (χ1n) is 6.71. The van der Waals surface area contributed by atoms with E-state index < -0.39 is 9.84 Å². The normalized spacial score (nSPS) is 21.1. The number of fused-ring (bicyclic) bond motifs is 1. The fourth-order valence-corrected chi connectivity index (χ4v) is 4.63. The van der Waals surface area contributed by atoms with Crippen LogP contribution in [0.25, 0.3) is 10.8 Å². The molecule has 0 N–H and O–H groups in total. The lowest BCUT2D eigenvalue weighted by Crippen LogP contribution is -2.16. The molecule has 0 amide bonds. The smallest absolute Gasteiger partial charge is 0.167 e. The van der Waals surface area contributed by atoms with Crippen LogP contribution in [0.4, 0.5) is 0 Å². The molecule has 0 saturated carbocycles. The molecule has 1 heterocycles. The number of carbonyl (C=O) groups is 1. The summed E-state index contributed by atoms with van der Waals surface area (Å²) in [5.74, 6) is -0.297. The SMILES string of the molecule is Cc1ccc(C(=O)C2CCS(=O)(=O)C2)c2ccccc12. The van der Waals surface area contributed by atoms with Crippen molar-refractivity contribution < 1.29 is 13.2 Å². The average molecular weight is 288 g/mol. The van der Waals surface area contributed by atoms with Crippen molar-refractivity contribution in [3.63, 3.8) is 0 Å². The Morgan fingerprint density at radius 2 is 1.80 bits per heavy atom. The highest BCUT2D eigenvalue weighted by atomic mass is 32.2. The minimum atomic E-state index is -3.03. The van der Waals surface area contributed by atoms with Crippen LogP contribution in [0.2, 0.25) is 0 Å². The predicted octanol–water partition coefficient (Wildman–Crippen LogP) is 2.77. The molecule has 1 atom stereocenters. The molecule has 3 nitrogen and oxygen atoms in total. The van der Waals surface area contributed by atoms with Gasteiger partial charge in [-0.3, -0.25) is 4.79 Å². The van der Waals surface area contributed by atoms with Crippen LogP contribution in [0.3, 0.4) is 0 Å². The summed E-state index contributed by atoms with van der Waals surface area (Å²) in [6.07, 6.45) is 0.448. The van der Waals surface area contributed by atoms with E-state index in [4.69, 9.17) is 0 Å². The van der Waals surface area contributed by atoms with E-state index in [0.717, 1.165) is 16.3 Å². The number of aryl methyl sites for hydroxylation is 1. The van der Waals surface area contributed by atoms with Crippen molar-refractivity contribution in [2.75, 3.05) is 11.5 Å². The van der Waals surface area contributed by atoms with Crippen LogP contribution in [0.1, 0.15) is 22.3 Å². The number of carbonyl (C=O) groups excluding carboxylic acids is 1. The molecule has 1 aliphatic heterocycles. The van der Waals surface area contributed by atoms with Crippen LogP contribution >= 0.6 is 0 Å². The van der Waals surface area contributed by atoms with E-state index in [1.165, 1.54) is 0 Å². The monoisotopic (exact) mass is 288 g/mol. The maximum absolute atomic E-state index is 12.6. The first-order chi connectivity index (χ1) is 9.48. The van der Waals surface area contributed by atoms with Crippen LogP contribution in [-0.4, -0.2) is 25.7 Å². The number of hydrogen-bond acceptors (Lipinski definition) is 3. The molecule has 1 aliphatic rings. The van der Waals surface area contributed by atoms with Gasteiger partial charge in [0.2, 0.25) is 0 Å². The fraction of sp³-hybridized carbons (Fsp3) is 0.312. The quantitative estimate of drug-likeness (QED) is 0.798. The van der Waals surface area contributed by atoms with E-state index in [1.807, 2.05) is 43.3 Å². The summed E-state index contributed by atoms with van der Waals surface area (Å²) in [4.78, 5) is 12.6. The lowest BCUT2D eigenvalue weighted by atomic mass is 9.91. The standard InChI is InChI=1S/C16H16O3S/c1-11-6-7-15(14-5-3-2-4-13(11)14)16(17)12-8-9-20(18,19)10-12/h2-7,12H,8-10H2,1H3. The van der Waals surface area contributed by atoms with Crippen LogP contribution in [0.15, 0.2) is 36.4 Å². The molecule has 0 aliphatic carbocycles. The molecule has 3 rings (SSSR count). The molecule has 1 unspecified atom stereocenters. The van der Waals surface area contributed by atoms with E-state index in [2.05, 4.69) is 0 Å². The topological polar surface area (TPSA) is 51.2 Å². The van der Waals surface area contributed by atoms with Gasteiger partial charge < -0.3 is 0 Å². The van der Waals surface area contributed by atoms with Gasteiger partial charge in [0.15, 0.2) is 15.6 Å². The summed E-state index contributed by atoms with van der Waals surface area (Å²) in [7, 11) is -3.03. The lowest BCUT2D eigenvalue weighted by molar-refractivity contribution is 0.0935. The number of ketones is 1. The van der Waals surface area contributed by atoms with Crippen LogP contribution in [0, 0.1) is 12.8 Å². The van der Waals surface area contributed by atoms with Crippen LogP contribution in [0.5, 0.6) is 0 Å². The number of Topliss-reactive ketones (excluding diaryl/α,β-unsaturated/α-hetero) is 1. The van der Waals surface area contributed by atoms with Crippen LogP contribution in [-0.2, 0) is 9.84 Å². The summed E-state index contributed by atoms with van der Waals surface area (Å²) in [6, 6.07) is 11.5. The second-order valence-corrected chi connectivity index (χ2v) is 7.67. The molecule has 104 valence electrons. The maximum Gasteiger partial charge on any atom is 0.167 e. The van der Waals surface area contributed by atoms with E-state index in [1.54, 1.807) is 0 Å². The molecule has 2 aromatic rings. The highest BCUT2D eigenvalue weighted by molar-refractivity contribution is 7.91. The van der Waals surface area contributed by atoms with Gasteiger partial charge in [-0.1, -0.05) is 36.4 Å². The summed E-state index contributed by atoms with van der Waals surface area (Å²) in [6.45, 7) is 2.01. The average Bonchev–Trinajstić information content (AvgIpc) is 2.79. The minimum absolute atomic E-state index is 0.00592. The highest BCUT2D eigenvalue weighted by Crippen LogP contribution is 2.28. The summed E-state index contributed by atoms with van der Waals surface area (Å²) in [5.41, 5.74) is 1.77. The highest BCUT2D eigenvalue weighted by Gasteiger charge is 2.33. The Labute approximate surface area is 118 Å². The van der Waals surface area contributed by atoms with Crippen molar-refractivity contribution in [3.05, 3.63) is 47.5 Å². The number of rotatable bonds is 2. The predicted molar refractivity (Wildman–Crippen MR) is 79.8 cm³/mol. The van der Waals surface area contributed by atoms with Gasteiger partial charge in [0.25, 0.3) is 0 Å². The zero-order valence-corrected chi connectivity index (χ0v) is 12.1. The Kier molecular flexibility index (Phi) is 3.13. The van der Waals surface area contributed by atoms with Crippen molar-refractivity contribution in [1.82, 2.24) is 0 Å². The van der Waals surface area contributed by atoms with Crippen molar-refractivity contribution in [2.45, 2.75) is 13.3 Å². The van der Waals surface area contributed by atoms with Crippen LogP contribution < -0.4 is 0 Å². The second kappa shape index (κ2) is 4.70. The van der Waals surface area contributed by atoms with Gasteiger partial charge in [-0.25, -0.2) is 8.42 Å². The van der Waals surface area contributed by atoms with Crippen molar-refractivity contribution >= 4 is 26.4 Å². The number of hydrogen-bond donors (Lipinski definition) is 0. The Hall–Kier alpha value is -1.68. The van der Waals surface area contributed by atoms with Gasteiger partial charge in [-0.05, 0) is 29.7 Å². The van der Waals surface area contributed by atoms with Gasteiger partial charge >= 0.3 is 0 Å². The summed E-state index contributed by atoms with van der Waals surface area (Å²) >= 11 is 0. The molecule has 1 fully saturated rings. The van der Waals surface area contributed by atoms with E-state index in [-0.39, 0.29) is 23.2 Å². The first-order valence-corrected chi connectivity index (χ1v) is 8.53. The molecule has 0 aromatic heterocycles. The van der Waals surface area contributed by atoms with Gasteiger partial charge in [0.05, 0.1) is 11.5 Å². The molecule has 20 heavy (non-hydrogen) atoms. The fourth-order valence-electron chi connectivity index (χ4n) is 2.89. The molecule has 4 heteroatoms. The van der Waals surface area contributed by atoms with Gasteiger partial charge in [0, 0.05) is 11.5 Å². The third-order valence-electron chi connectivity index (χ3n) is 4.01. The number of sulfone groups is 1. The third kappa shape index (κ3) is 2.24. The largest absolute Gasteiger partial charge is 0.294 e. The molecule has 0 bridgehead atoms. The lowest BCUT2D eigenvalue weighted by Gasteiger charge is -2.11. The number of benzene rings is 2. The van der Waals surface area contributed by atoms with Gasteiger partial charge in [0.1, 0.15) is 0 Å². The van der Waals surface area contributed by atoms with E-state index in [0.29, 0.717) is 12.0 Å². The molecule has 2 aromatic carbocycles. The maximum atomic E-state index is 12.6. The molecular weight excluding hydrogens is 272 g/mol. The summed E-state index contributed by atoms with van der Waals surface area (Å²) in [5, 5.41) is 1.97. The first kappa shape index (κ1) is 13.3. The summed E-state index contributed by atoms with van der Waals surface area (Å²) < 4.78 is 23.1. The Bertz CT molecular complexity index is 790. The molecule has 0 spiro atoms. The molecule has 0 radical (unpaired) electrons. The zero-order valence-electron chi connectivity index (χ0n) is 11.3. The minimum Gasteiger partial charge on any atom is -0.294 e. The van der Waals surface area contributed by atoms with E-state index in [9.17, 15) is 13.2 Å². The van der Waals surface area contributed by atoms with Crippen molar-refractivity contribution in [2.24, 2.45) is 5.92 Å². The second-order valence-electron chi connectivity index (χ2n) is 5.44. The van der Waals surface area contributed by atoms with Gasteiger partial charge in [-0.15, -0.1) is 0 Å². The zero-order chi connectivity index (χ0) is 14.3. The van der Waals surface area contributed by atoms with Crippen molar-refractivity contribution in [3.8, 4) is 0 Å². The van der Waals surface area contributed by atoms with Gasteiger partial charge in [-0.2, -0.15) is 0 Å². The Balaban J connectivity index is 2.07. The molecule has 1 saturated heterocycles. The third-order valence-corrected chi connectivity index (χ3v) is 5.78. The molecular formula is C16H16O3S. The Morgan fingerprint density at radius 3 is 2.45 bits per heavy atom. The Morgan fingerprint density at radius 1 is 1.10 bits per heavy atom. The van der Waals surface area contributed by atoms with E-state index >= 15 is 0 Å². The van der Waals surface area contributed by atoms with Crippen molar-refractivity contribution in [1.29, 1.82) is 0 Å².